The number of furan rings is 1. The fourth-order valence-corrected chi connectivity index (χ4v) is 2.18. The van der Waals surface area contributed by atoms with Gasteiger partial charge in [-0.15, -0.1) is 11.3 Å². The van der Waals surface area contributed by atoms with Crippen LogP contribution in [-0.2, 0) is 6.54 Å². The maximum absolute atomic E-state index is 5.67. The summed E-state index contributed by atoms with van der Waals surface area (Å²) in [7, 11) is 1.91. The molecule has 2 heterocycles. The van der Waals surface area contributed by atoms with E-state index >= 15 is 0 Å². The van der Waals surface area contributed by atoms with Gasteiger partial charge in [0.2, 0.25) is 0 Å². The van der Waals surface area contributed by atoms with Gasteiger partial charge in [-0.3, -0.25) is 0 Å². The fourth-order valence-electron chi connectivity index (χ4n) is 1.35. The molecule has 2 nitrogen and oxygen atoms in total. The average molecular weight is 207 g/mol. The topological polar surface area (TPSA) is 25.2 Å². The molecule has 2 aromatic heterocycles. The van der Waals surface area contributed by atoms with Crippen LogP contribution in [0.1, 0.15) is 10.6 Å². The Hall–Kier alpha value is -1.06. The zero-order valence-corrected chi connectivity index (χ0v) is 9.15. The molecule has 0 spiro atoms. The molecule has 0 saturated carbocycles. The lowest BCUT2D eigenvalue weighted by atomic mass is 10.3. The molecule has 0 saturated heterocycles. The minimum Gasteiger partial charge on any atom is -0.459 e. The van der Waals surface area contributed by atoms with Crippen molar-refractivity contribution in [1.82, 2.24) is 5.32 Å². The molecular formula is C11H13NOS. The van der Waals surface area contributed by atoms with Crippen LogP contribution < -0.4 is 5.32 Å². The Bertz CT molecular complexity index is 416. The SMILES string of the molecule is CNCc1ccc(-c2ccc(C)s2)o1. The molecule has 0 aliphatic heterocycles. The van der Waals surface area contributed by atoms with E-state index in [0.29, 0.717) is 0 Å². The zero-order chi connectivity index (χ0) is 9.97. The first-order chi connectivity index (χ1) is 6.79. The molecule has 0 aromatic carbocycles. The van der Waals surface area contributed by atoms with Crippen LogP contribution in [0.5, 0.6) is 0 Å². The van der Waals surface area contributed by atoms with Crippen molar-refractivity contribution in [2.45, 2.75) is 13.5 Å². The minimum absolute atomic E-state index is 0.782. The number of aryl methyl sites for hydroxylation is 1. The molecule has 2 aromatic rings. The van der Waals surface area contributed by atoms with E-state index in [1.54, 1.807) is 11.3 Å². The molecule has 0 aliphatic rings. The van der Waals surface area contributed by atoms with Gasteiger partial charge in [-0.2, -0.15) is 0 Å². The van der Waals surface area contributed by atoms with Gasteiger partial charge in [0.1, 0.15) is 11.5 Å². The van der Waals surface area contributed by atoms with Crippen LogP contribution in [-0.4, -0.2) is 7.05 Å². The summed E-state index contributed by atoms with van der Waals surface area (Å²) in [5, 5.41) is 3.06. The molecule has 74 valence electrons. The van der Waals surface area contributed by atoms with Crippen LogP contribution in [0.4, 0.5) is 0 Å². The monoisotopic (exact) mass is 207 g/mol. The third-order valence-electron chi connectivity index (χ3n) is 2.00. The Morgan fingerprint density at radius 2 is 2.14 bits per heavy atom. The smallest absolute Gasteiger partial charge is 0.144 e. The summed E-state index contributed by atoms with van der Waals surface area (Å²) in [5.74, 6) is 1.95. The first kappa shape index (κ1) is 9.49. The summed E-state index contributed by atoms with van der Waals surface area (Å²) >= 11 is 1.76. The number of hydrogen-bond donors (Lipinski definition) is 1. The molecule has 2 rings (SSSR count). The third kappa shape index (κ3) is 1.89. The van der Waals surface area contributed by atoms with E-state index in [2.05, 4.69) is 24.4 Å². The van der Waals surface area contributed by atoms with Crippen molar-refractivity contribution < 1.29 is 4.42 Å². The predicted octanol–water partition coefficient (Wildman–Crippen LogP) is 3.04. The summed E-state index contributed by atoms with van der Waals surface area (Å²) in [4.78, 5) is 2.51. The fraction of sp³-hybridized carbons (Fsp3) is 0.273. The Labute approximate surface area is 87.6 Å². The number of hydrogen-bond acceptors (Lipinski definition) is 3. The van der Waals surface area contributed by atoms with Crippen LogP contribution >= 0.6 is 11.3 Å². The van der Waals surface area contributed by atoms with Crippen molar-refractivity contribution in [2.24, 2.45) is 0 Å². The molecule has 0 fully saturated rings. The van der Waals surface area contributed by atoms with Crippen molar-refractivity contribution in [1.29, 1.82) is 0 Å². The van der Waals surface area contributed by atoms with Gasteiger partial charge in [0.15, 0.2) is 0 Å². The summed E-state index contributed by atoms with van der Waals surface area (Å²) in [6.45, 7) is 2.88. The highest BCUT2D eigenvalue weighted by molar-refractivity contribution is 7.15. The van der Waals surface area contributed by atoms with Gasteiger partial charge in [-0.25, -0.2) is 0 Å². The van der Waals surface area contributed by atoms with Crippen LogP contribution in [0.3, 0.4) is 0 Å². The second kappa shape index (κ2) is 3.98. The molecule has 0 unspecified atom stereocenters. The lowest BCUT2D eigenvalue weighted by Crippen LogP contribution is -2.03. The molecule has 0 atom stereocenters. The molecule has 14 heavy (non-hydrogen) atoms. The summed E-state index contributed by atoms with van der Waals surface area (Å²) in [6, 6.07) is 8.25. The highest BCUT2D eigenvalue weighted by Gasteiger charge is 2.05. The first-order valence-electron chi connectivity index (χ1n) is 4.59. The summed E-state index contributed by atoms with van der Waals surface area (Å²) in [6.07, 6.45) is 0. The van der Waals surface area contributed by atoms with Crippen LogP contribution in [0.2, 0.25) is 0 Å². The summed E-state index contributed by atoms with van der Waals surface area (Å²) < 4.78 is 5.67. The van der Waals surface area contributed by atoms with Crippen molar-refractivity contribution >= 4 is 11.3 Å². The number of nitrogens with one attached hydrogen (secondary N) is 1. The number of rotatable bonds is 3. The normalized spacial score (nSPS) is 10.7. The lowest BCUT2D eigenvalue weighted by molar-refractivity contribution is 0.508. The Balaban J connectivity index is 2.24. The third-order valence-corrected chi connectivity index (χ3v) is 3.01. The van der Waals surface area contributed by atoms with E-state index in [0.717, 1.165) is 18.1 Å². The van der Waals surface area contributed by atoms with Gasteiger partial charge in [0, 0.05) is 4.88 Å². The van der Waals surface area contributed by atoms with E-state index in [1.165, 1.54) is 9.75 Å². The van der Waals surface area contributed by atoms with E-state index in [-0.39, 0.29) is 0 Å². The van der Waals surface area contributed by atoms with Gasteiger partial charge >= 0.3 is 0 Å². The van der Waals surface area contributed by atoms with Crippen molar-refractivity contribution in [3.05, 3.63) is 34.9 Å². The molecule has 0 radical (unpaired) electrons. The van der Waals surface area contributed by atoms with Gasteiger partial charge in [0.05, 0.1) is 11.4 Å². The average Bonchev–Trinajstić information content (AvgIpc) is 2.74. The van der Waals surface area contributed by atoms with E-state index < -0.39 is 0 Å². The molecule has 0 amide bonds. The Morgan fingerprint density at radius 3 is 2.79 bits per heavy atom. The second-order valence-electron chi connectivity index (χ2n) is 3.21. The van der Waals surface area contributed by atoms with Gasteiger partial charge in [-0.05, 0) is 38.2 Å². The van der Waals surface area contributed by atoms with E-state index in [9.17, 15) is 0 Å². The van der Waals surface area contributed by atoms with Crippen LogP contribution in [0.25, 0.3) is 10.6 Å². The molecule has 1 N–H and O–H groups in total. The van der Waals surface area contributed by atoms with Gasteiger partial charge < -0.3 is 9.73 Å². The van der Waals surface area contributed by atoms with E-state index in [4.69, 9.17) is 4.42 Å². The zero-order valence-electron chi connectivity index (χ0n) is 8.33. The van der Waals surface area contributed by atoms with Crippen molar-refractivity contribution in [3.8, 4) is 10.6 Å². The molecular weight excluding hydrogens is 194 g/mol. The van der Waals surface area contributed by atoms with Gasteiger partial charge in [-0.1, -0.05) is 0 Å². The number of thiophene rings is 1. The predicted molar refractivity (Wildman–Crippen MR) is 59.5 cm³/mol. The van der Waals surface area contributed by atoms with Crippen molar-refractivity contribution in [3.63, 3.8) is 0 Å². The van der Waals surface area contributed by atoms with Crippen molar-refractivity contribution in [2.75, 3.05) is 7.05 Å². The Morgan fingerprint density at radius 1 is 1.29 bits per heavy atom. The first-order valence-corrected chi connectivity index (χ1v) is 5.41. The summed E-state index contributed by atoms with van der Waals surface area (Å²) in [5.41, 5.74) is 0. The maximum Gasteiger partial charge on any atom is 0.144 e. The highest BCUT2D eigenvalue weighted by atomic mass is 32.1. The molecule has 0 aliphatic carbocycles. The quantitative estimate of drug-likeness (QED) is 0.837. The molecule has 0 bridgehead atoms. The standard InChI is InChI=1S/C11H13NOS/c1-8-3-6-11(14-8)10-5-4-9(13-10)7-12-2/h3-6,12H,7H2,1-2H3. The van der Waals surface area contributed by atoms with Crippen LogP contribution in [0, 0.1) is 6.92 Å². The minimum atomic E-state index is 0.782. The van der Waals surface area contributed by atoms with Crippen LogP contribution in [0.15, 0.2) is 28.7 Å². The lowest BCUT2D eigenvalue weighted by Gasteiger charge is -1.93. The highest BCUT2D eigenvalue weighted by Crippen LogP contribution is 2.28. The maximum atomic E-state index is 5.67. The van der Waals surface area contributed by atoms with Gasteiger partial charge in [0.25, 0.3) is 0 Å². The second-order valence-corrected chi connectivity index (χ2v) is 4.49. The largest absolute Gasteiger partial charge is 0.459 e. The molecule has 3 heteroatoms. The van der Waals surface area contributed by atoms with E-state index in [1.807, 2.05) is 19.2 Å². The Kier molecular flexibility index (Phi) is 2.70.